The molecule has 0 amide bonds. The molecule has 0 fully saturated rings. The highest BCUT2D eigenvalue weighted by atomic mass is 35.5. The Morgan fingerprint density at radius 3 is 2.29 bits per heavy atom. The summed E-state index contributed by atoms with van der Waals surface area (Å²) in [5, 5.41) is 0.617. The molecule has 0 radical (unpaired) electrons. The molecule has 2 aromatic carbocycles. The lowest BCUT2D eigenvalue weighted by atomic mass is 9.99. The minimum atomic E-state index is -4.78. The Balaban J connectivity index is 2.38. The summed E-state index contributed by atoms with van der Waals surface area (Å²) in [6.45, 7) is 0. The predicted molar refractivity (Wildman–Crippen MR) is 75.6 cm³/mol. The van der Waals surface area contributed by atoms with E-state index in [4.69, 9.17) is 28.9 Å². The third-order valence-electron chi connectivity index (χ3n) is 2.78. The van der Waals surface area contributed by atoms with Crippen molar-refractivity contribution in [3.63, 3.8) is 0 Å². The van der Waals surface area contributed by atoms with E-state index in [9.17, 15) is 13.2 Å². The lowest BCUT2D eigenvalue weighted by Crippen LogP contribution is -2.20. The average Bonchev–Trinajstić information content (AvgIpc) is 2.40. The molecule has 2 N–H and O–H groups in total. The standard InChI is InChI=1S/C14H10Cl2F3NO/c15-10-6-5-8(7-11(10)16)13(20)9-3-1-2-4-12(9)21-14(17,18)19/h1-7,13H,20H2. The van der Waals surface area contributed by atoms with Crippen molar-refractivity contribution < 1.29 is 17.9 Å². The van der Waals surface area contributed by atoms with E-state index >= 15 is 0 Å². The van der Waals surface area contributed by atoms with E-state index < -0.39 is 12.4 Å². The molecule has 0 aliphatic rings. The minimum Gasteiger partial charge on any atom is -0.405 e. The van der Waals surface area contributed by atoms with Crippen molar-refractivity contribution in [2.24, 2.45) is 5.73 Å². The van der Waals surface area contributed by atoms with Crippen LogP contribution in [0.1, 0.15) is 17.2 Å². The van der Waals surface area contributed by atoms with E-state index in [1.165, 1.54) is 30.3 Å². The van der Waals surface area contributed by atoms with Crippen LogP contribution >= 0.6 is 23.2 Å². The van der Waals surface area contributed by atoms with E-state index in [-0.39, 0.29) is 16.3 Å². The van der Waals surface area contributed by atoms with Crippen molar-refractivity contribution in [1.82, 2.24) is 0 Å². The molecule has 1 unspecified atom stereocenters. The second-order valence-corrected chi connectivity index (χ2v) is 5.05. The first-order valence-electron chi connectivity index (χ1n) is 5.83. The Morgan fingerprint density at radius 1 is 1.00 bits per heavy atom. The van der Waals surface area contributed by atoms with Crippen molar-refractivity contribution in [2.45, 2.75) is 12.4 Å². The van der Waals surface area contributed by atoms with Crippen LogP contribution in [0.5, 0.6) is 5.75 Å². The van der Waals surface area contributed by atoms with Gasteiger partial charge in [-0.2, -0.15) is 0 Å². The molecule has 2 rings (SSSR count). The molecule has 0 saturated heterocycles. The minimum absolute atomic E-state index is 0.202. The quantitative estimate of drug-likeness (QED) is 0.862. The summed E-state index contributed by atoms with van der Waals surface area (Å²) in [5.74, 6) is -0.344. The smallest absolute Gasteiger partial charge is 0.405 e. The van der Waals surface area contributed by atoms with E-state index in [1.54, 1.807) is 12.1 Å². The maximum atomic E-state index is 12.4. The highest BCUT2D eigenvalue weighted by Crippen LogP contribution is 2.34. The molecule has 0 bridgehead atoms. The van der Waals surface area contributed by atoms with Gasteiger partial charge in [0.1, 0.15) is 5.75 Å². The van der Waals surface area contributed by atoms with Crippen LogP contribution in [0.25, 0.3) is 0 Å². The van der Waals surface area contributed by atoms with Gasteiger partial charge in [0.05, 0.1) is 16.1 Å². The Labute approximate surface area is 129 Å². The number of hydrogen-bond acceptors (Lipinski definition) is 2. The summed E-state index contributed by atoms with van der Waals surface area (Å²) in [6.07, 6.45) is -4.78. The van der Waals surface area contributed by atoms with Crippen molar-refractivity contribution in [3.05, 3.63) is 63.6 Å². The van der Waals surface area contributed by atoms with Crippen LogP contribution in [0.3, 0.4) is 0 Å². The van der Waals surface area contributed by atoms with Crippen LogP contribution in [0, 0.1) is 0 Å². The lowest BCUT2D eigenvalue weighted by molar-refractivity contribution is -0.274. The van der Waals surface area contributed by atoms with Crippen molar-refractivity contribution in [2.75, 3.05) is 0 Å². The number of benzene rings is 2. The molecule has 0 spiro atoms. The molecule has 1 atom stereocenters. The Kier molecular flexibility index (Phi) is 4.66. The predicted octanol–water partition coefficient (Wildman–Crippen LogP) is 4.94. The molecular weight excluding hydrogens is 326 g/mol. The van der Waals surface area contributed by atoms with Crippen molar-refractivity contribution in [1.29, 1.82) is 0 Å². The first-order valence-corrected chi connectivity index (χ1v) is 6.59. The van der Waals surface area contributed by atoms with Gasteiger partial charge in [-0.3, -0.25) is 0 Å². The number of halogens is 5. The van der Waals surface area contributed by atoms with Gasteiger partial charge in [-0.05, 0) is 23.8 Å². The van der Waals surface area contributed by atoms with Crippen LogP contribution < -0.4 is 10.5 Å². The molecule has 0 heterocycles. The summed E-state index contributed by atoms with van der Waals surface area (Å²) < 4.78 is 41.2. The zero-order chi connectivity index (χ0) is 15.6. The molecule has 2 aromatic rings. The molecule has 0 aromatic heterocycles. The number of para-hydroxylation sites is 1. The van der Waals surface area contributed by atoms with Gasteiger partial charge in [0, 0.05) is 5.56 Å². The second-order valence-electron chi connectivity index (χ2n) is 4.24. The SMILES string of the molecule is NC(c1ccc(Cl)c(Cl)c1)c1ccccc1OC(F)(F)F. The van der Waals surface area contributed by atoms with Crippen LogP contribution in [-0.4, -0.2) is 6.36 Å². The highest BCUT2D eigenvalue weighted by Gasteiger charge is 2.32. The monoisotopic (exact) mass is 335 g/mol. The first kappa shape index (κ1) is 15.9. The van der Waals surface area contributed by atoms with E-state index in [0.29, 0.717) is 10.6 Å². The molecule has 7 heteroatoms. The van der Waals surface area contributed by atoms with Crippen molar-refractivity contribution in [3.8, 4) is 5.75 Å². The van der Waals surface area contributed by atoms with Gasteiger partial charge >= 0.3 is 6.36 Å². The normalized spacial score (nSPS) is 13.0. The highest BCUT2D eigenvalue weighted by molar-refractivity contribution is 6.42. The Bertz CT molecular complexity index is 646. The molecule has 0 aliphatic carbocycles. The second kappa shape index (κ2) is 6.13. The van der Waals surface area contributed by atoms with Crippen LogP contribution in [0.15, 0.2) is 42.5 Å². The Hall–Kier alpha value is -1.43. The lowest BCUT2D eigenvalue weighted by Gasteiger charge is -2.18. The van der Waals surface area contributed by atoms with E-state index in [1.807, 2.05) is 0 Å². The summed E-state index contributed by atoms with van der Waals surface area (Å²) >= 11 is 11.7. The zero-order valence-electron chi connectivity index (χ0n) is 10.5. The van der Waals surface area contributed by atoms with E-state index in [2.05, 4.69) is 4.74 Å². The zero-order valence-corrected chi connectivity index (χ0v) is 12.0. The number of nitrogens with two attached hydrogens (primary N) is 1. The van der Waals surface area contributed by atoms with Gasteiger partial charge in [0.15, 0.2) is 0 Å². The molecule has 0 aliphatic heterocycles. The van der Waals surface area contributed by atoms with Gasteiger partial charge in [-0.1, -0.05) is 47.5 Å². The average molecular weight is 336 g/mol. The number of alkyl halides is 3. The van der Waals surface area contributed by atoms with E-state index in [0.717, 1.165) is 0 Å². The maximum absolute atomic E-state index is 12.4. The van der Waals surface area contributed by atoms with Crippen LogP contribution in [0.4, 0.5) is 13.2 Å². The fourth-order valence-corrected chi connectivity index (χ4v) is 2.15. The van der Waals surface area contributed by atoms with Gasteiger partial charge < -0.3 is 10.5 Å². The summed E-state index contributed by atoms with van der Waals surface area (Å²) in [4.78, 5) is 0. The van der Waals surface area contributed by atoms with Gasteiger partial charge in [-0.15, -0.1) is 13.2 Å². The van der Waals surface area contributed by atoms with Gasteiger partial charge in [0.25, 0.3) is 0 Å². The largest absolute Gasteiger partial charge is 0.573 e. The maximum Gasteiger partial charge on any atom is 0.573 e. The molecule has 2 nitrogen and oxygen atoms in total. The summed E-state index contributed by atoms with van der Waals surface area (Å²) in [7, 11) is 0. The fraction of sp³-hybridized carbons (Fsp3) is 0.143. The topological polar surface area (TPSA) is 35.2 Å². The number of ether oxygens (including phenoxy) is 1. The molecule has 0 saturated carbocycles. The molecule has 112 valence electrons. The molecular formula is C14H10Cl2F3NO. The van der Waals surface area contributed by atoms with Crippen LogP contribution in [0.2, 0.25) is 10.0 Å². The third kappa shape index (κ3) is 4.03. The number of rotatable bonds is 3. The van der Waals surface area contributed by atoms with Crippen LogP contribution in [-0.2, 0) is 0 Å². The summed E-state index contributed by atoms with van der Waals surface area (Å²) in [6, 6.07) is 9.52. The van der Waals surface area contributed by atoms with Gasteiger partial charge in [-0.25, -0.2) is 0 Å². The third-order valence-corrected chi connectivity index (χ3v) is 3.52. The Morgan fingerprint density at radius 2 is 1.67 bits per heavy atom. The first-order chi connectivity index (χ1) is 9.78. The number of hydrogen-bond donors (Lipinski definition) is 1. The van der Waals surface area contributed by atoms with Gasteiger partial charge in [0.2, 0.25) is 0 Å². The molecule has 21 heavy (non-hydrogen) atoms. The summed E-state index contributed by atoms with van der Waals surface area (Å²) in [5.41, 5.74) is 6.74. The fourth-order valence-electron chi connectivity index (χ4n) is 1.84. The van der Waals surface area contributed by atoms with Crippen molar-refractivity contribution >= 4 is 23.2 Å².